The highest BCUT2D eigenvalue weighted by Crippen LogP contribution is 2.14. The third-order valence-electron chi connectivity index (χ3n) is 1.81. The number of aromatic hydroxyl groups is 1. The maximum Gasteiger partial charge on any atom is 0.308 e. The Morgan fingerprint density at radius 1 is 1.25 bits per heavy atom. The molecule has 0 fully saturated rings. The van der Waals surface area contributed by atoms with Gasteiger partial charge in [0.2, 0.25) is 0 Å². The number of hydrogen-bond acceptors (Lipinski definition) is 3. The van der Waals surface area contributed by atoms with E-state index in [2.05, 4.69) is 11.9 Å². The van der Waals surface area contributed by atoms with Gasteiger partial charge in [-0.1, -0.05) is 6.58 Å². The van der Waals surface area contributed by atoms with Crippen LogP contribution in [0.15, 0.2) is 36.4 Å². The fourth-order valence-electron chi connectivity index (χ4n) is 1.03. The second-order valence-corrected chi connectivity index (χ2v) is 3.18. The van der Waals surface area contributed by atoms with Gasteiger partial charge in [-0.15, -0.1) is 0 Å². The molecule has 1 rings (SSSR count). The largest absolute Gasteiger partial charge is 0.508 e. The Labute approximate surface area is 92.0 Å². The number of rotatable bonds is 4. The summed E-state index contributed by atoms with van der Waals surface area (Å²) in [6.07, 6.45) is -0.399. The molecule has 0 bridgehead atoms. The summed E-state index contributed by atoms with van der Waals surface area (Å²) in [6.45, 7) is 3.37. The third-order valence-corrected chi connectivity index (χ3v) is 1.81. The van der Waals surface area contributed by atoms with Crippen LogP contribution in [0.3, 0.4) is 0 Å². The zero-order valence-electron chi connectivity index (χ0n) is 8.43. The van der Waals surface area contributed by atoms with Crippen LogP contribution in [0.25, 0.3) is 0 Å². The van der Waals surface area contributed by atoms with Gasteiger partial charge in [0.05, 0.1) is 6.42 Å². The number of carbonyl (C=O) groups excluding carboxylic acids is 1. The van der Waals surface area contributed by atoms with Crippen LogP contribution in [0.4, 0.5) is 5.69 Å². The first-order chi connectivity index (χ1) is 7.49. The Balaban J connectivity index is 2.61. The summed E-state index contributed by atoms with van der Waals surface area (Å²) in [5, 5.41) is 19.9. The number of carboxylic acid groups (broad SMARTS) is 1. The van der Waals surface area contributed by atoms with Crippen molar-refractivity contribution >= 4 is 17.6 Å². The maximum absolute atomic E-state index is 11.4. The number of phenolic OH excluding ortho intramolecular Hbond substituents is 1. The molecular formula is C11H11NO4. The topological polar surface area (TPSA) is 86.6 Å². The Hall–Kier alpha value is -2.30. The van der Waals surface area contributed by atoms with Crippen molar-refractivity contribution in [2.75, 3.05) is 5.32 Å². The van der Waals surface area contributed by atoms with E-state index in [9.17, 15) is 9.59 Å². The summed E-state index contributed by atoms with van der Waals surface area (Å²) in [5.41, 5.74) is 0.440. The van der Waals surface area contributed by atoms with Crippen LogP contribution in [0.1, 0.15) is 6.42 Å². The lowest BCUT2D eigenvalue weighted by Crippen LogP contribution is -2.15. The van der Waals surface area contributed by atoms with Crippen molar-refractivity contribution in [3.63, 3.8) is 0 Å². The molecule has 16 heavy (non-hydrogen) atoms. The van der Waals surface area contributed by atoms with Gasteiger partial charge >= 0.3 is 5.97 Å². The Morgan fingerprint density at radius 3 is 2.31 bits per heavy atom. The van der Waals surface area contributed by atoms with Gasteiger partial charge in [-0.05, 0) is 24.3 Å². The van der Waals surface area contributed by atoms with E-state index in [1.165, 1.54) is 24.3 Å². The molecule has 84 valence electrons. The molecule has 1 aromatic carbocycles. The average molecular weight is 221 g/mol. The molecule has 0 aromatic heterocycles. The first-order valence-corrected chi connectivity index (χ1v) is 4.49. The molecule has 0 aliphatic rings. The Morgan fingerprint density at radius 2 is 1.81 bits per heavy atom. The lowest BCUT2D eigenvalue weighted by Gasteiger charge is -2.05. The Bertz CT molecular complexity index is 422. The second-order valence-electron chi connectivity index (χ2n) is 3.18. The fraction of sp³-hybridized carbons (Fsp3) is 0.0909. The molecule has 0 spiro atoms. The molecule has 5 heteroatoms. The molecule has 1 amide bonds. The molecule has 1 aromatic rings. The van der Waals surface area contributed by atoms with Gasteiger partial charge in [-0.3, -0.25) is 9.59 Å². The van der Waals surface area contributed by atoms with E-state index in [1.807, 2.05) is 0 Å². The van der Waals surface area contributed by atoms with Gasteiger partial charge in [0.15, 0.2) is 0 Å². The van der Waals surface area contributed by atoms with Crippen LogP contribution >= 0.6 is 0 Å². The van der Waals surface area contributed by atoms with E-state index in [1.54, 1.807) is 0 Å². The van der Waals surface area contributed by atoms with Gasteiger partial charge in [-0.2, -0.15) is 0 Å². The summed E-state index contributed by atoms with van der Waals surface area (Å²) >= 11 is 0. The number of aliphatic carboxylic acids is 1. The van der Waals surface area contributed by atoms with Gasteiger partial charge in [0.1, 0.15) is 5.75 Å². The molecule has 0 saturated heterocycles. The van der Waals surface area contributed by atoms with Gasteiger partial charge in [0.25, 0.3) is 5.91 Å². The van der Waals surface area contributed by atoms with Gasteiger partial charge < -0.3 is 15.5 Å². The van der Waals surface area contributed by atoms with Crippen molar-refractivity contribution in [2.24, 2.45) is 0 Å². The fourth-order valence-corrected chi connectivity index (χ4v) is 1.03. The summed E-state index contributed by atoms with van der Waals surface area (Å²) in [5.74, 6) is -1.57. The van der Waals surface area contributed by atoms with E-state index in [-0.39, 0.29) is 11.3 Å². The summed E-state index contributed by atoms with van der Waals surface area (Å²) in [4.78, 5) is 21.7. The molecule has 5 nitrogen and oxygen atoms in total. The van der Waals surface area contributed by atoms with Gasteiger partial charge in [-0.25, -0.2) is 0 Å². The van der Waals surface area contributed by atoms with Crippen LogP contribution in [-0.2, 0) is 9.59 Å². The molecule has 0 atom stereocenters. The van der Waals surface area contributed by atoms with E-state index < -0.39 is 18.3 Å². The number of nitrogens with one attached hydrogen (secondary N) is 1. The minimum Gasteiger partial charge on any atom is -0.508 e. The number of benzene rings is 1. The summed E-state index contributed by atoms with van der Waals surface area (Å²) in [6, 6.07) is 5.83. The van der Waals surface area contributed by atoms with Crippen LogP contribution < -0.4 is 5.32 Å². The molecule has 0 unspecified atom stereocenters. The van der Waals surface area contributed by atoms with Crippen LogP contribution in [0, 0.1) is 0 Å². The zero-order chi connectivity index (χ0) is 12.1. The normalized spacial score (nSPS) is 9.50. The summed E-state index contributed by atoms with van der Waals surface area (Å²) in [7, 11) is 0. The minimum absolute atomic E-state index is 0.0272. The molecule has 0 radical (unpaired) electrons. The molecule has 0 saturated carbocycles. The molecular weight excluding hydrogens is 210 g/mol. The number of phenols is 1. The van der Waals surface area contributed by atoms with Crippen molar-refractivity contribution in [1.29, 1.82) is 0 Å². The standard InChI is InChI=1S/C11H11NO4/c1-7(6-10(14)15)11(16)12-8-2-4-9(13)5-3-8/h2-5,13H,1,6H2,(H,12,16)(H,14,15). The zero-order valence-corrected chi connectivity index (χ0v) is 8.43. The first-order valence-electron chi connectivity index (χ1n) is 4.49. The molecule has 0 heterocycles. The van der Waals surface area contributed by atoms with Crippen LogP contribution in [-0.4, -0.2) is 22.1 Å². The van der Waals surface area contributed by atoms with E-state index >= 15 is 0 Å². The lowest BCUT2D eigenvalue weighted by atomic mass is 10.2. The number of carbonyl (C=O) groups is 2. The average Bonchev–Trinajstić information content (AvgIpc) is 2.20. The predicted molar refractivity (Wildman–Crippen MR) is 58.1 cm³/mol. The van der Waals surface area contributed by atoms with Crippen LogP contribution in [0.5, 0.6) is 5.75 Å². The molecule has 0 aliphatic carbocycles. The van der Waals surface area contributed by atoms with Crippen molar-refractivity contribution < 1.29 is 19.8 Å². The Kier molecular flexibility index (Phi) is 3.66. The van der Waals surface area contributed by atoms with Crippen molar-refractivity contribution in [3.05, 3.63) is 36.4 Å². The number of anilines is 1. The second kappa shape index (κ2) is 4.97. The van der Waals surface area contributed by atoms with Crippen molar-refractivity contribution in [1.82, 2.24) is 0 Å². The number of carboxylic acids is 1. The van der Waals surface area contributed by atoms with E-state index in [4.69, 9.17) is 10.2 Å². The highest BCUT2D eigenvalue weighted by Gasteiger charge is 2.10. The summed E-state index contributed by atoms with van der Waals surface area (Å²) < 4.78 is 0. The van der Waals surface area contributed by atoms with E-state index in [0.29, 0.717) is 5.69 Å². The molecule has 3 N–H and O–H groups in total. The van der Waals surface area contributed by atoms with Gasteiger partial charge in [0, 0.05) is 11.3 Å². The van der Waals surface area contributed by atoms with E-state index in [0.717, 1.165) is 0 Å². The highest BCUT2D eigenvalue weighted by molar-refractivity contribution is 6.05. The van der Waals surface area contributed by atoms with Crippen molar-refractivity contribution in [3.8, 4) is 5.75 Å². The third kappa shape index (κ3) is 3.45. The van der Waals surface area contributed by atoms with Crippen molar-refractivity contribution in [2.45, 2.75) is 6.42 Å². The smallest absolute Gasteiger partial charge is 0.308 e. The predicted octanol–water partition coefficient (Wildman–Crippen LogP) is 1.36. The van der Waals surface area contributed by atoms with Crippen LogP contribution in [0.2, 0.25) is 0 Å². The quantitative estimate of drug-likeness (QED) is 0.529. The number of hydrogen-bond donors (Lipinski definition) is 3. The molecule has 0 aliphatic heterocycles. The SMILES string of the molecule is C=C(CC(=O)O)C(=O)Nc1ccc(O)cc1. The highest BCUT2D eigenvalue weighted by atomic mass is 16.4. The lowest BCUT2D eigenvalue weighted by molar-refractivity contribution is -0.136. The monoisotopic (exact) mass is 221 g/mol. The minimum atomic E-state index is -1.11. The maximum atomic E-state index is 11.4. The first kappa shape index (κ1) is 11.8. The number of amides is 1.